The Kier molecular flexibility index (Phi) is 6.63. The first-order valence-corrected chi connectivity index (χ1v) is 11.6. The van der Waals surface area contributed by atoms with Gasteiger partial charge in [0.25, 0.3) is 5.91 Å². The van der Waals surface area contributed by atoms with Gasteiger partial charge in [-0.2, -0.15) is 5.10 Å². The quantitative estimate of drug-likeness (QED) is 0.615. The lowest BCUT2D eigenvalue weighted by atomic mass is 9.91. The Balaban J connectivity index is 1.51. The van der Waals surface area contributed by atoms with Crippen molar-refractivity contribution in [1.82, 2.24) is 14.7 Å². The number of piperidine rings is 1. The van der Waals surface area contributed by atoms with Gasteiger partial charge >= 0.3 is 0 Å². The van der Waals surface area contributed by atoms with Crippen molar-refractivity contribution in [2.45, 2.75) is 40.5 Å². The number of carbonyl (C=O) groups excluding carboxylic acids is 2. The minimum atomic E-state index is -0.158. The summed E-state index contributed by atoms with van der Waals surface area (Å²) in [7, 11) is 0. The first-order valence-electron chi connectivity index (χ1n) is 11.6. The van der Waals surface area contributed by atoms with Gasteiger partial charge in [0.15, 0.2) is 0 Å². The Morgan fingerprint density at radius 1 is 0.970 bits per heavy atom. The highest BCUT2D eigenvalue weighted by molar-refractivity contribution is 6.04. The van der Waals surface area contributed by atoms with E-state index in [1.807, 2.05) is 65.9 Å². The van der Waals surface area contributed by atoms with E-state index in [4.69, 9.17) is 0 Å². The maximum Gasteiger partial charge on any atom is 0.255 e. The average molecular weight is 445 g/mol. The third-order valence-corrected chi connectivity index (χ3v) is 6.37. The molecule has 1 aromatic heterocycles. The first-order chi connectivity index (χ1) is 15.8. The Labute approximate surface area is 195 Å². The summed E-state index contributed by atoms with van der Waals surface area (Å²) in [6.45, 7) is 9.77. The van der Waals surface area contributed by atoms with Gasteiger partial charge in [0.1, 0.15) is 0 Å². The van der Waals surface area contributed by atoms with Crippen LogP contribution in [0.2, 0.25) is 0 Å². The van der Waals surface area contributed by atoms with Crippen LogP contribution >= 0.6 is 0 Å². The van der Waals surface area contributed by atoms with E-state index in [0.717, 1.165) is 42.1 Å². The van der Waals surface area contributed by atoms with Crippen LogP contribution in [0.15, 0.2) is 54.6 Å². The molecule has 1 fully saturated rings. The normalized spacial score (nSPS) is 18.2. The zero-order chi connectivity index (χ0) is 23.5. The second-order valence-electron chi connectivity index (χ2n) is 9.32. The van der Waals surface area contributed by atoms with Crippen LogP contribution in [-0.2, 0) is 11.2 Å². The summed E-state index contributed by atoms with van der Waals surface area (Å²) >= 11 is 0. The van der Waals surface area contributed by atoms with Crippen LogP contribution in [-0.4, -0.2) is 39.6 Å². The minimum absolute atomic E-state index is 0.0199. The fraction of sp³-hybridized carbons (Fsp3) is 0.370. The van der Waals surface area contributed by atoms with Crippen molar-refractivity contribution in [2.24, 2.45) is 11.8 Å². The Hall–Kier alpha value is -3.41. The van der Waals surface area contributed by atoms with E-state index < -0.39 is 0 Å². The molecule has 2 aromatic carbocycles. The molecule has 0 spiro atoms. The molecule has 0 radical (unpaired) electrons. The number of nitrogens with zero attached hydrogens (tertiary/aromatic N) is 3. The fourth-order valence-electron chi connectivity index (χ4n) is 4.88. The smallest absolute Gasteiger partial charge is 0.255 e. The van der Waals surface area contributed by atoms with Crippen molar-refractivity contribution in [3.8, 4) is 5.69 Å². The third kappa shape index (κ3) is 5.00. The lowest BCUT2D eigenvalue weighted by Crippen LogP contribution is -2.42. The highest BCUT2D eigenvalue weighted by Crippen LogP contribution is 2.25. The van der Waals surface area contributed by atoms with E-state index >= 15 is 0 Å². The number of para-hydroxylation sites is 2. The SMILES string of the molecule is Cc1nn(-c2ccccc2)c(C)c1CC(=O)Nc1ccccc1C(=O)N1CC(C)CC(C)C1. The summed E-state index contributed by atoms with van der Waals surface area (Å²) < 4.78 is 1.87. The molecular weight excluding hydrogens is 412 g/mol. The van der Waals surface area contributed by atoms with Gasteiger partial charge in [0.05, 0.1) is 29.1 Å². The number of nitrogens with one attached hydrogen (secondary N) is 1. The van der Waals surface area contributed by atoms with Gasteiger partial charge in [-0.1, -0.05) is 44.2 Å². The molecule has 0 saturated carbocycles. The largest absolute Gasteiger partial charge is 0.338 e. The molecule has 1 aliphatic heterocycles. The second-order valence-corrected chi connectivity index (χ2v) is 9.32. The molecule has 2 amide bonds. The third-order valence-electron chi connectivity index (χ3n) is 6.37. The Morgan fingerprint density at radius 3 is 2.30 bits per heavy atom. The first kappa shape index (κ1) is 22.8. The standard InChI is InChI=1S/C27H32N4O2/c1-18-14-19(2)17-30(16-18)27(33)23-12-8-9-13-25(23)28-26(32)15-24-20(3)29-31(21(24)4)22-10-6-5-7-11-22/h5-13,18-19H,14-17H2,1-4H3,(H,28,32). The molecule has 2 heterocycles. The van der Waals surface area contributed by atoms with Gasteiger partial charge in [-0.15, -0.1) is 0 Å². The van der Waals surface area contributed by atoms with E-state index in [0.29, 0.717) is 23.1 Å². The number of hydrogen-bond donors (Lipinski definition) is 1. The van der Waals surface area contributed by atoms with Gasteiger partial charge in [-0.25, -0.2) is 4.68 Å². The molecule has 3 aromatic rings. The molecule has 1 N–H and O–H groups in total. The number of aromatic nitrogens is 2. The van der Waals surface area contributed by atoms with E-state index in [9.17, 15) is 9.59 Å². The maximum atomic E-state index is 13.3. The van der Waals surface area contributed by atoms with Crippen LogP contribution in [0.1, 0.15) is 47.6 Å². The lowest BCUT2D eigenvalue weighted by Gasteiger charge is -2.35. The van der Waals surface area contributed by atoms with Crippen molar-refractivity contribution in [3.63, 3.8) is 0 Å². The number of carbonyl (C=O) groups is 2. The monoisotopic (exact) mass is 444 g/mol. The number of benzene rings is 2. The molecule has 33 heavy (non-hydrogen) atoms. The van der Waals surface area contributed by atoms with Crippen LogP contribution < -0.4 is 5.32 Å². The number of aryl methyl sites for hydroxylation is 1. The van der Waals surface area contributed by atoms with E-state index in [2.05, 4.69) is 24.3 Å². The lowest BCUT2D eigenvalue weighted by molar-refractivity contribution is -0.115. The van der Waals surface area contributed by atoms with Gasteiger partial charge in [0.2, 0.25) is 5.91 Å². The molecule has 1 saturated heterocycles. The molecule has 2 unspecified atom stereocenters. The molecule has 0 bridgehead atoms. The zero-order valence-electron chi connectivity index (χ0n) is 19.8. The molecule has 172 valence electrons. The summed E-state index contributed by atoms with van der Waals surface area (Å²) in [5, 5.41) is 7.62. The van der Waals surface area contributed by atoms with Gasteiger partial charge in [-0.05, 0) is 56.4 Å². The molecule has 6 heteroatoms. The summed E-state index contributed by atoms with van der Waals surface area (Å²) in [5.41, 5.74) is 4.73. The summed E-state index contributed by atoms with van der Waals surface area (Å²) in [6.07, 6.45) is 1.34. The Morgan fingerprint density at radius 2 is 1.61 bits per heavy atom. The minimum Gasteiger partial charge on any atom is -0.338 e. The average Bonchev–Trinajstić information content (AvgIpc) is 3.07. The van der Waals surface area contributed by atoms with Crippen molar-refractivity contribution < 1.29 is 9.59 Å². The van der Waals surface area contributed by atoms with Crippen molar-refractivity contribution in [2.75, 3.05) is 18.4 Å². The molecule has 1 aliphatic rings. The Bertz CT molecular complexity index is 1140. The van der Waals surface area contributed by atoms with Crippen molar-refractivity contribution in [1.29, 1.82) is 0 Å². The van der Waals surface area contributed by atoms with Crippen LogP contribution in [0.3, 0.4) is 0 Å². The number of hydrogen-bond acceptors (Lipinski definition) is 3. The van der Waals surface area contributed by atoms with Crippen molar-refractivity contribution >= 4 is 17.5 Å². The topological polar surface area (TPSA) is 67.2 Å². The maximum absolute atomic E-state index is 13.3. The van der Waals surface area contributed by atoms with Crippen LogP contribution in [0.5, 0.6) is 0 Å². The van der Waals surface area contributed by atoms with Crippen LogP contribution in [0.4, 0.5) is 5.69 Å². The van der Waals surface area contributed by atoms with Crippen molar-refractivity contribution in [3.05, 3.63) is 77.1 Å². The predicted molar refractivity (Wildman–Crippen MR) is 131 cm³/mol. The number of amides is 2. The molecule has 0 aliphatic carbocycles. The zero-order valence-corrected chi connectivity index (χ0v) is 19.8. The summed E-state index contributed by atoms with van der Waals surface area (Å²) in [4.78, 5) is 28.2. The number of likely N-dealkylation sites (tertiary alicyclic amines) is 1. The second kappa shape index (κ2) is 9.61. The molecule has 2 atom stereocenters. The van der Waals surface area contributed by atoms with E-state index in [1.165, 1.54) is 0 Å². The number of rotatable bonds is 5. The van der Waals surface area contributed by atoms with Gasteiger partial charge in [0, 0.05) is 24.3 Å². The number of anilines is 1. The fourth-order valence-corrected chi connectivity index (χ4v) is 4.88. The summed E-state index contributed by atoms with van der Waals surface area (Å²) in [6, 6.07) is 17.2. The molecular formula is C27H32N4O2. The predicted octanol–water partition coefficient (Wildman–Crippen LogP) is 4.79. The molecule has 4 rings (SSSR count). The van der Waals surface area contributed by atoms with E-state index in [-0.39, 0.29) is 18.2 Å². The van der Waals surface area contributed by atoms with Crippen LogP contribution in [0.25, 0.3) is 5.69 Å². The molecule has 6 nitrogen and oxygen atoms in total. The highest BCUT2D eigenvalue weighted by atomic mass is 16.2. The van der Waals surface area contributed by atoms with Crippen LogP contribution in [0, 0.1) is 25.7 Å². The summed E-state index contributed by atoms with van der Waals surface area (Å²) in [5.74, 6) is 0.779. The van der Waals surface area contributed by atoms with Gasteiger partial charge in [-0.3, -0.25) is 9.59 Å². The van der Waals surface area contributed by atoms with E-state index in [1.54, 1.807) is 12.1 Å². The van der Waals surface area contributed by atoms with Gasteiger partial charge < -0.3 is 10.2 Å². The highest BCUT2D eigenvalue weighted by Gasteiger charge is 2.27.